The molecule has 2 aromatic carbocycles. The molecule has 0 aliphatic rings. The second kappa shape index (κ2) is 5.44. The number of aromatic hydroxyl groups is 1. The minimum atomic E-state index is 0.317. The molecule has 3 heteroatoms. The van der Waals surface area contributed by atoms with E-state index >= 15 is 0 Å². The van der Waals surface area contributed by atoms with Crippen LogP contribution in [-0.4, -0.2) is 5.11 Å². The number of phenols is 1. The van der Waals surface area contributed by atoms with Gasteiger partial charge in [0.1, 0.15) is 5.75 Å². The molecule has 0 atom stereocenters. The quantitative estimate of drug-likeness (QED) is 0.882. The lowest BCUT2D eigenvalue weighted by Gasteiger charge is -2.13. The van der Waals surface area contributed by atoms with Crippen molar-refractivity contribution in [1.29, 1.82) is 0 Å². The summed E-state index contributed by atoms with van der Waals surface area (Å²) in [5, 5.41) is 13.2. The van der Waals surface area contributed by atoms with Gasteiger partial charge in [-0.25, -0.2) is 0 Å². The highest BCUT2D eigenvalue weighted by Gasteiger charge is 2.05. The molecule has 2 rings (SSSR count). The van der Waals surface area contributed by atoms with Crippen LogP contribution in [0.4, 0.5) is 5.69 Å². The Bertz CT molecular complexity index is 546. The van der Waals surface area contributed by atoms with Crippen LogP contribution in [0.2, 0.25) is 0 Å². The average molecular weight is 306 g/mol. The molecule has 2 nitrogen and oxygen atoms in total. The van der Waals surface area contributed by atoms with Gasteiger partial charge in [0.2, 0.25) is 0 Å². The summed E-state index contributed by atoms with van der Waals surface area (Å²) in [6.45, 7) is 4.77. The highest BCUT2D eigenvalue weighted by Crippen LogP contribution is 2.25. The van der Waals surface area contributed by atoms with Crippen molar-refractivity contribution in [3.8, 4) is 5.75 Å². The van der Waals surface area contributed by atoms with Gasteiger partial charge in [-0.15, -0.1) is 0 Å². The minimum absolute atomic E-state index is 0.317. The first-order chi connectivity index (χ1) is 8.58. The third kappa shape index (κ3) is 2.85. The van der Waals surface area contributed by atoms with Crippen LogP contribution in [-0.2, 0) is 6.54 Å². The van der Waals surface area contributed by atoms with E-state index in [0.717, 1.165) is 15.7 Å². The third-order valence-corrected chi connectivity index (χ3v) is 3.47. The maximum Gasteiger partial charge on any atom is 0.120 e. The molecule has 0 fully saturated rings. The van der Waals surface area contributed by atoms with Gasteiger partial charge in [-0.3, -0.25) is 0 Å². The molecule has 0 saturated carbocycles. The largest absolute Gasteiger partial charge is 0.508 e. The molecule has 0 unspecified atom stereocenters. The van der Waals surface area contributed by atoms with Gasteiger partial charge < -0.3 is 10.4 Å². The predicted molar refractivity (Wildman–Crippen MR) is 79.0 cm³/mol. The van der Waals surface area contributed by atoms with E-state index in [2.05, 4.69) is 47.2 Å². The first kappa shape index (κ1) is 13.0. The Hall–Kier alpha value is -1.48. The molecule has 0 bridgehead atoms. The van der Waals surface area contributed by atoms with E-state index in [9.17, 15) is 5.11 Å². The summed E-state index contributed by atoms with van der Waals surface area (Å²) in [6.07, 6.45) is 0. The topological polar surface area (TPSA) is 32.3 Å². The Morgan fingerprint density at radius 2 is 1.78 bits per heavy atom. The van der Waals surface area contributed by atoms with Crippen molar-refractivity contribution in [3.63, 3.8) is 0 Å². The second-order valence-electron chi connectivity index (χ2n) is 4.39. The number of rotatable bonds is 3. The summed E-state index contributed by atoms with van der Waals surface area (Å²) in [5.74, 6) is 0.317. The summed E-state index contributed by atoms with van der Waals surface area (Å²) < 4.78 is 0.971. The van der Waals surface area contributed by atoms with Crippen LogP contribution >= 0.6 is 15.9 Å². The van der Waals surface area contributed by atoms with Crippen LogP contribution in [0.5, 0.6) is 5.75 Å². The van der Waals surface area contributed by atoms with Gasteiger partial charge in [0, 0.05) is 22.3 Å². The van der Waals surface area contributed by atoms with Crippen molar-refractivity contribution in [2.75, 3.05) is 5.32 Å². The standard InChI is InChI=1S/C15H16BrNO/c1-10-4-3-5-11(2)15(10)17-9-12-8-13(16)6-7-14(12)18/h3-8,17-18H,9H2,1-2H3. The Morgan fingerprint density at radius 3 is 2.44 bits per heavy atom. The van der Waals surface area contributed by atoms with E-state index in [1.165, 1.54) is 11.1 Å². The Balaban J connectivity index is 2.19. The smallest absolute Gasteiger partial charge is 0.120 e. The highest BCUT2D eigenvalue weighted by molar-refractivity contribution is 9.10. The van der Waals surface area contributed by atoms with Crippen LogP contribution in [0.1, 0.15) is 16.7 Å². The molecule has 18 heavy (non-hydrogen) atoms. The normalized spacial score (nSPS) is 10.4. The van der Waals surface area contributed by atoms with Gasteiger partial charge in [0.15, 0.2) is 0 Å². The molecule has 0 aliphatic carbocycles. The van der Waals surface area contributed by atoms with Gasteiger partial charge in [0.25, 0.3) is 0 Å². The molecule has 0 amide bonds. The van der Waals surface area contributed by atoms with Crippen molar-refractivity contribution in [2.45, 2.75) is 20.4 Å². The van der Waals surface area contributed by atoms with Crippen molar-refractivity contribution in [2.24, 2.45) is 0 Å². The van der Waals surface area contributed by atoms with Crippen LogP contribution in [0.3, 0.4) is 0 Å². The number of halogens is 1. The lowest BCUT2D eigenvalue weighted by atomic mass is 10.1. The fraction of sp³-hybridized carbons (Fsp3) is 0.200. The summed E-state index contributed by atoms with van der Waals surface area (Å²) in [7, 11) is 0. The number of aryl methyl sites for hydroxylation is 2. The summed E-state index contributed by atoms with van der Waals surface area (Å²) in [6, 6.07) is 11.7. The number of benzene rings is 2. The summed E-state index contributed by atoms with van der Waals surface area (Å²) >= 11 is 3.41. The minimum Gasteiger partial charge on any atom is -0.508 e. The fourth-order valence-corrected chi connectivity index (χ4v) is 2.38. The average Bonchev–Trinajstić information content (AvgIpc) is 2.33. The predicted octanol–water partition coefficient (Wildman–Crippen LogP) is 4.38. The van der Waals surface area contributed by atoms with Crippen molar-refractivity contribution >= 4 is 21.6 Å². The third-order valence-electron chi connectivity index (χ3n) is 2.98. The zero-order chi connectivity index (χ0) is 13.1. The van der Waals surface area contributed by atoms with Crippen LogP contribution < -0.4 is 5.32 Å². The second-order valence-corrected chi connectivity index (χ2v) is 5.31. The number of phenolic OH excluding ortho intramolecular Hbond substituents is 1. The Morgan fingerprint density at radius 1 is 1.11 bits per heavy atom. The van der Waals surface area contributed by atoms with Gasteiger partial charge in [-0.05, 0) is 43.2 Å². The van der Waals surface area contributed by atoms with Gasteiger partial charge >= 0.3 is 0 Å². The monoisotopic (exact) mass is 305 g/mol. The molecular weight excluding hydrogens is 290 g/mol. The fourth-order valence-electron chi connectivity index (χ4n) is 1.97. The van der Waals surface area contributed by atoms with E-state index in [4.69, 9.17) is 0 Å². The first-order valence-corrected chi connectivity index (χ1v) is 6.64. The molecule has 0 saturated heterocycles. The molecule has 0 spiro atoms. The van der Waals surface area contributed by atoms with Gasteiger partial charge in [0.05, 0.1) is 0 Å². The van der Waals surface area contributed by atoms with E-state index in [1.807, 2.05) is 18.2 Å². The molecule has 0 aliphatic heterocycles. The van der Waals surface area contributed by atoms with Crippen LogP contribution in [0, 0.1) is 13.8 Å². The van der Waals surface area contributed by atoms with Crippen LogP contribution in [0.15, 0.2) is 40.9 Å². The zero-order valence-corrected chi connectivity index (χ0v) is 12.1. The van der Waals surface area contributed by atoms with E-state index in [0.29, 0.717) is 12.3 Å². The number of anilines is 1. The van der Waals surface area contributed by atoms with Crippen molar-refractivity contribution in [3.05, 3.63) is 57.6 Å². The Labute approximate surface area is 116 Å². The van der Waals surface area contributed by atoms with E-state index in [-0.39, 0.29) is 0 Å². The Kier molecular flexibility index (Phi) is 3.92. The summed E-state index contributed by atoms with van der Waals surface area (Å²) in [4.78, 5) is 0. The molecular formula is C15H16BrNO. The molecule has 94 valence electrons. The molecule has 0 aromatic heterocycles. The molecule has 2 N–H and O–H groups in total. The maximum atomic E-state index is 9.79. The molecule has 2 aromatic rings. The molecule has 0 heterocycles. The molecule has 0 radical (unpaired) electrons. The number of hydrogen-bond acceptors (Lipinski definition) is 2. The summed E-state index contributed by atoms with van der Waals surface area (Å²) in [5.41, 5.74) is 4.44. The lowest BCUT2D eigenvalue weighted by molar-refractivity contribution is 0.469. The van der Waals surface area contributed by atoms with E-state index < -0.39 is 0 Å². The van der Waals surface area contributed by atoms with E-state index in [1.54, 1.807) is 6.07 Å². The van der Waals surface area contributed by atoms with Crippen molar-refractivity contribution in [1.82, 2.24) is 0 Å². The number of para-hydroxylation sites is 1. The van der Waals surface area contributed by atoms with Gasteiger partial charge in [-0.2, -0.15) is 0 Å². The first-order valence-electron chi connectivity index (χ1n) is 5.85. The number of nitrogens with one attached hydrogen (secondary N) is 1. The lowest BCUT2D eigenvalue weighted by Crippen LogP contribution is -2.03. The van der Waals surface area contributed by atoms with Crippen molar-refractivity contribution < 1.29 is 5.11 Å². The zero-order valence-electron chi connectivity index (χ0n) is 10.5. The number of hydrogen-bond donors (Lipinski definition) is 2. The maximum absolute atomic E-state index is 9.79. The SMILES string of the molecule is Cc1cccc(C)c1NCc1cc(Br)ccc1O. The van der Waals surface area contributed by atoms with Gasteiger partial charge in [-0.1, -0.05) is 34.1 Å². The van der Waals surface area contributed by atoms with Crippen LogP contribution in [0.25, 0.3) is 0 Å². The highest BCUT2D eigenvalue weighted by atomic mass is 79.9.